The Morgan fingerprint density at radius 3 is 2.53 bits per heavy atom. The number of hydrogen-bond acceptors (Lipinski definition) is 4. The van der Waals surface area contributed by atoms with E-state index in [0.29, 0.717) is 41.8 Å². The van der Waals surface area contributed by atoms with Gasteiger partial charge in [0.1, 0.15) is 11.6 Å². The van der Waals surface area contributed by atoms with Crippen LogP contribution in [-0.2, 0) is 11.2 Å². The first kappa shape index (κ1) is 23.8. The largest absolute Gasteiger partial charge is 0.332 e. The lowest BCUT2D eigenvalue weighted by Crippen LogP contribution is -2.39. The highest BCUT2D eigenvalue weighted by atomic mass is 32.1. The molecule has 0 aliphatic heterocycles. The molecule has 0 aliphatic rings. The van der Waals surface area contributed by atoms with Gasteiger partial charge in [0.2, 0.25) is 5.91 Å². The van der Waals surface area contributed by atoms with E-state index in [0.717, 1.165) is 17.7 Å². The number of benzene rings is 2. The van der Waals surface area contributed by atoms with Crippen LogP contribution in [0.5, 0.6) is 0 Å². The maximum atomic E-state index is 13.7. The summed E-state index contributed by atoms with van der Waals surface area (Å²) in [6.07, 6.45) is 2.69. The molecule has 0 bridgehead atoms. The summed E-state index contributed by atoms with van der Waals surface area (Å²) in [4.78, 5) is 34.9. The number of carbonyl (C=O) groups is 1. The van der Waals surface area contributed by atoms with Crippen molar-refractivity contribution in [3.8, 4) is 5.69 Å². The van der Waals surface area contributed by atoms with E-state index in [1.807, 2.05) is 41.5 Å². The molecular weight excluding hydrogens is 449 g/mol. The van der Waals surface area contributed by atoms with E-state index in [9.17, 15) is 14.0 Å². The molecule has 4 aromatic rings. The molecule has 7 heteroatoms. The zero-order chi connectivity index (χ0) is 24.1. The monoisotopic (exact) mass is 477 g/mol. The zero-order valence-electron chi connectivity index (χ0n) is 19.4. The molecule has 1 atom stereocenters. The first-order valence-electron chi connectivity index (χ1n) is 11.6. The van der Waals surface area contributed by atoms with E-state index in [-0.39, 0.29) is 17.3 Å². The number of para-hydroxylation sites is 1. The number of amides is 1. The Morgan fingerprint density at radius 2 is 1.85 bits per heavy atom. The average Bonchev–Trinajstić information content (AvgIpc) is 3.35. The van der Waals surface area contributed by atoms with Crippen molar-refractivity contribution in [2.75, 3.05) is 6.54 Å². The van der Waals surface area contributed by atoms with Gasteiger partial charge in [-0.2, -0.15) is 0 Å². The van der Waals surface area contributed by atoms with Crippen LogP contribution in [0.2, 0.25) is 0 Å². The van der Waals surface area contributed by atoms with Crippen LogP contribution in [0.3, 0.4) is 0 Å². The van der Waals surface area contributed by atoms with Crippen LogP contribution in [0.15, 0.2) is 70.8 Å². The number of hydrogen-bond donors (Lipinski definition) is 0. The fraction of sp³-hybridized carbons (Fsp3) is 0.296. The third-order valence-electron chi connectivity index (χ3n) is 5.93. The van der Waals surface area contributed by atoms with Crippen LogP contribution in [0.25, 0.3) is 16.6 Å². The molecule has 0 N–H and O–H groups in total. The number of nitrogens with zero attached hydrogens (tertiary/aromatic N) is 3. The van der Waals surface area contributed by atoms with Crippen molar-refractivity contribution < 1.29 is 9.18 Å². The number of rotatable bonds is 9. The van der Waals surface area contributed by atoms with Crippen LogP contribution >= 0.6 is 11.3 Å². The van der Waals surface area contributed by atoms with Crippen molar-refractivity contribution in [1.82, 2.24) is 14.5 Å². The molecule has 0 spiro atoms. The minimum atomic E-state index is -0.402. The number of aromatic nitrogens is 2. The summed E-state index contributed by atoms with van der Waals surface area (Å²) in [6, 6.07) is 16.5. The summed E-state index contributed by atoms with van der Waals surface area (Å²) >= 11 is 1.56. The van der Waals surface area contributed by atoms with Gasteiger partial charge in [-0.25, -0.2) is 9.37 Å². The standard InChI is InChI=1S/C27H28FN3O2S/c1-3-5-16-30(25(32)18-21-9-8-17-34-21)24(4-2)26-29-23-11-7-6-10-22(23)27(33)31(26)20-14-12-19(28)13-15-20/h6-15,17,24H,3-5,16,18H2,1-2H3. The molecule has 1 amide bonds. The van der Waals surface area contributed by atoms with E-state index in [4.69, 9.17) is 4.98 Å². The van der Waals surface area contributed by atoms with E-state index >= 15 is 0 Å². The van der Waals surface area contributed by atoms with Crippen molar-refractivity contribution in [2.24, 2.45) is 0 Å². The molecule has 4 rings (SSSR count). The first-order chi connectivity index (χ1) is 16.5. The predicted octanol–water partition coefficient (Wildman–Crippen LogP) is 5.91. The van der Waals surface area contributed by atoms with Crippen LogP contribution < -0.4 is 5.56 Å². The van der Waals surface area contributed by atoms with Crippen LogP contribution in [-0.4, -0.2) is 26.9 Å². The third-order valence-corrected chi connectivity index (χ3v) is 6.80. The number of unbranched alkanes of at least 4 members (excludes halogenated alkanes) is 1. The van der Waals surface area contributed by atoms with Gasteiger partial charge < -0.3 is 4.90 Å². The number of halogens is 1. The minimum Gasteiger partial charge on any atom is -0.332 e. The molecule has 5 nitrogen and oxygen atoms in total. The maximum Gasteiger partial charge on any atom is 0.266 e. The summed E-state index contributed by atoms with van der Waals surface area (Å²) in [7, 11) is 0. The summed E-state index contributed by atoms with van der Waals surface area (Å²) in [5, 5.41) is 2.45. The van der Waals surface area contributed by atoms with E-state index in [1.54, 1.807) is 35.6 Å². The van der Waals surface area contributed by atoms with Crippen molar-refractivity contribution in [2.45, 2.75) is 45.6 Å². The van der Waals surface area contributed by atoms with E-state index in [2.05, 4.69) is 6.92 Å². The smallest absolute Gasteiger partial charge is 0.266 e. The Morgan fingerprint density at radius 1 is 1.09 bits per heavy atom. The van der Waals surface area contributed by atoms with Gasteiger partial charge in [0.15, 0.2) is 0 Å². The number of fused-ring (bicyclic) bond motifs is 1. The molecule has 2 aromatic heterocycles. The second kappa shape index (κ2) is 10.7. The molecule has 1 unspecified atom stereocenters. The summed E-state index contributed by atoms with van der Waals surface area (Å²) in [6.45, 7) is 4.66. The fourth-order valence-electron chi connectivity index (χ4n) is 4.20. The van der Waals surface area contributed by atoms with Gasteiger partial charge >= 0.3 is 0 Å². The molecule has 2 heterocycles. The second-order valence-corrected chi connectivity index (χ2v) is 9.26. The Kier molecular flexibility index (Phi) is 7.53. The Hall–Kier alpha value is -3.32. The van der Waals surface area contributed by atoms with Gasteiger partial charge in [-0.1, -0.05) is 38.5 Å². The van der Waals surface area contributed by atoms with Gasteiger partial charge in [-0.3, -0.25) is 14.2 Å². The van der Waals surface area contributed by atoms with Crippen molar-refractivity contribution in [3.63, 3.8) is 0 Å². The molecule has 176 valence electrons. The fourth-order valence-corrected chi connectivity index (χ4v) is 4.90. The second-order valence-electron chi connectivity index (χ2n) is 8.23. The quantitative estimate of drug-likeness (QED) is 0.301. The molecule has 0 radical (unpaired) electrons. The van der Waals surface area contributed by atoms with Crippen LogP contribution in [0.4, 0.5) is 4.39 Å². The summed E-state index contributed by atoms with van der Waals surface area (Å²) in [5.74, 6) is 0.124. The van der Waals surface area contributed by atoms with Gasteiger partial charge in [0, 0.05) is 11.4 Å². The SMILES string of the molecule is CCCCN(C(=O)Cc1cccs1)C(CC)c1nc2ccccc2c(=O)n1-c1ccc(F)cc1. The van der Waals surface area contributed by atoms with Gasteiger partial charge in [0.25, 0.3) is 5.56 Å². The molecule has 0 saturated carbocycles. The van der Waals surface area contributed by atoms with Crippen LogP contribution in [0, 0.1) is 5.82 Å². The lowest BCUT2D eigenvalue weighted by Gasteiger charge is -2.32. The summed E-state index contributed by atoms with van der Waals surface area (Å²) in [5.41, 5.74) is 0.881. The molecule has 0 aliphatic carbocycles. The van der Waals surface area contributed by atoms with Crippen molar-refractivity contribution in [3.05, 3.63) is 92.9 Å². The molecule has 2 aromatic carbocycles. The number of carbonyl (C=O) groups excluding carboxylic acids is 1. The first-order valence-corrected chi connectivity index (χ1v) is 12.5. The van der Waals surface area contributed by atoms with Crippen molar-refractivity contribution >= 4 is 28.1 Å². The van der Waals surface area contributed by atoms with E-state index in [1.165, 1.54) is 16.7 Å². The Labute approximate surface area is 202 Å². The summed E-state index contributed by atoms with van der Waals surface area (Å²) < 4.78 is 15.2. The molecule has 0 fully saturated rings. The molecular formula is C27H28FN3O2S. The Balaban J connectivity index is 1.88. The van der Waals surface area contributed by atoms with Crippen LogP contribution in [0.1, 0.15) is 49.9 Å². The molecule has 34 heavy (non-hydrogen) atoms. The highest BCUT2D eigenvalue weighted by Crippen LogP contribution is 2.27. The highest BCUT2D eigenvalue weighted by Gasteiger charge is 2.29. The predicted molar refractivity (Wildman–Crippen MR) is 135 cm³/mol. The maximum absolute atomic E-state index is 13.7. The number of thiophene rings is 1. The third kappa shape index (κ3) is 4.94. The normalized spacial score (nSPS) is 12.1. The van der Waals surface area contributed by atoms with Gasteiger partial charge in [0.05, 0.1) is 29.1 Å². The zero-order valence-corrected chi connectivity index (χ0v) is 20.2. The van der Waals surface area contributed by atoms with Gasteiger partial charge in [-0.15, -0.1) is 11.3 Å². The van der Waals surface area contributed by atoms with Gasteiger partial charge in [-0.05, 0) is 60.7 Å². The average molecular weight is 478 g/mol. The van der Waals surface area contributed by atoms with Crippen molar-refractivity contribution in [1.29, 1.82) is 0 Å². The lowest BCUT2D eigenvalue weighted by atomic mass is 10.1. The Bertz CT molecular complexity index is 1320. The highest BCUT2D eigenvalue weighted by molar-refractivity contribution is 7.10. The topological polar surface area (TPSA) is 55.2 Å². The lowest BCUT2D eigenvalue weighted by molar-refractivity contribution is -0.133. The van der Waals surface area contributed by atoms with E-state index < -0.39 is 6.04 Å². The molecule has 0 saturated heterocycles. The minimum absolute atomic E-state index is 0.0100.